The van der Waals surface area contributed by atoms with Gasteiger partial charge in [0.15, 0.2) is 0 Å². The van der Waals surface area contributed by atoms with Crippen LogP contribution in [0.5, 0.6) is 5.75 Å². The summed E-state index contributed by atoms with van der Waals surface area (Å²) in [5.74, 6) is 0.726. The van der Waals surface area contributed by atoms with Gasteiger partial charge in [-0.1, -0.05) is 30.4 Å². The summed E-state index contributed by atoms with van der Waals surface area (Å²) in [7, 11) is 0. The lowest BCUT2D eigenvalue weighted by Crippen LogP contribution is -2.48. The van der Waals surface area contributed by atoms with Crippen molar-refractivity contribution in [2.45, 2.75) is 38.5 Å². The fraction of sp³-hybridized carbons (Fsp3) is 0.423. The van der Waals surface area contributed by atoms with Crippen LogP contribution in [-0.4, -0.2) is 47.9 Å². The van der Waals surface area contributed by atoms with Crippen molar-refractivity contribution in [1.82, 2.24) is 15.2 Å². The van der Waals surface area contributed by atoms with Crippen LogP contribution < -0.4 is 10.1 Å². The number of aryl methyl sites for hydroxylation is 1. The van der Waals surface area contributed by atoms with Crippen LogP contribution in [-0.2, 0) is 11.2 Å². The summed E-state index contributed by atoms with van der Waals surface area (Å²) in [5, 5.41) is 3.14. The van der Waals surface area contributed by atoms with Gasteiger partial charge in [-0.2, -0.15) is 0 Å². The van der Waals surface area contributed by atoms with Crippen molar-refractivity contribution in [3.8, 4) is 5.75 Å². The average Bonchev–Trinajstić information content (AvgIpc) is 2.84. The molecule has 168 valence electrons. The van der Waals surface area contributed by atoms with E-state index in [1.54, 1.807) is 6.20 Å². The van der Waals surface area contributed by atoms with Gasteiger partial charge in [-0.3, -0.25) is 14.6 Å². The van der Waals surface area contributed by atoms with Gasteiger partial charge in [0.25, 0.3) is 5.91 Å². The fourth-order valence-electron chi connectivity index (χ4n) is 4.47. The summed E-state index contributed by atoms with van der Waals surface area (Å²) in [4.78, 5) is 31.7. The van der Waals surface area contributed by atoms with E-state index in [1.165, 1.54) is 0 Å². The lowest BCUT2D eigenvalue weighted by atomic mass is 9.75. The molecule has 2 aliphatic heterocycles. The first kappa shape index (κ1) is 22.1. The smallest absolute Gasteiger partial charge is 0.255 e. The molecule has 1 aromatic heterocycles. The van der Waals surface area contributed by atoms with Crippen molar-refractivity contribution in [3.63, 3.8) is 0 Å². The minimum absolute atomic E-state index is 0.0265. The molecular formula is C26H31N3O3. The molecule has 1 fully saturated rings. The predicted octanol–water partition coefficient (Wildman–Crippen LogP) is 3.78. The molecular weight excluding hydrogens is 402 g/mol. The molecule has 1 N–H and O–H groups in total. The zero-order chi connectivity index (χ0) is 22.2. The van der Waals surface area contributed by atoms with Crippen LogP contribution in [0.2, 0.25) is 0 Å². The lowest BCUT2D eigenvalue weighted by molar-refractivity contribution is -0.133. The Hall–Kier alpha value is -3.15. The van der Waals surface area contributed by atoms with Crippen molar-refractivity contribution in [3.05, 3.63) is 72.1 Å². The molecule has 2 aromatic rings. The Labute approximate surface area is 189 Å². The standard InChI is InChI=1S/C26H31N3O3/c30-24(11-10-21-7-6-15-27-19-21)29-16-13-26(14-17-29)12-4-1-5-18-32-23-9-3-2-8-22(23)25(31)28-20-26/h1-4,6-9,15,19H,5,10-14,16-18,20H2,(H,28,31)/b4-1+. The maximum Gasteiger partial charge on any atom is 0.255 e. The molecule has 6 nitrogen and oxygen atoms in total. The third kappa shape index (κ3) is 5.55. The SMILES string of the molecule is O=C1NCC2(C/C=C/CCOc3ccccc31)CCN(C(=O)CCc1cccnc1)CC2. The molecule has 2 aliphatic rings. The largest absolute Gasteiger partial charge is 0.492 e. The number of nitrogens with zero attached hydrogens (tertiary/aromatic N) is 2. The molecule has 3 heterocycles. The number of carbonyl (C=O) groups excluding carboxylic acids is 2. The van der Waals surface area contributed by atoms with Gasteiger partial charge in [0.05, 0.1) is 12.2 Å². The molecule has 0 saturated carbocycles. The second-order valence-electron chi connectivity index (χ2n) is 8.73. The Morgan fingerprint density at radius 1 is 1.12 bits per heavy atom. The number of aromatic nitrogens is 1. The summed E-state index contributed by atoms with van der Waals surface area (Å²) in [6.45, 7) is 2.61. The number of nitrogens with one attached hydrogen (secondary N) is 1. The molecule has 6 heteroatoms. The number of pyridine rings is 1. The van der Waals surface area contributed by atoms with Gasteiger partial charge in [-0.05, 0) is 61.3 Å². The molecule has 32 heavy (non-hydrogen) atoms. The molecule has 1 aromatic carbocycles. The van der Waals surface area contributed by atoms with E-state index in [4.69, 9.17) is 4.74 Å². The number of allylic oxidation sites excluding steroid dienone is 1. The quantitative estimate of drug-likeness (QED) is 0.748. The van der Waals surface area contributed by atoms with Crippen LogP contribution in [0.1, 0.15) is 48.0 Å². The van der Waals surface area contributed by atoms with E-state index in [0.717, 1.165) is 44.3 Å². The van der Waals surface area contributed by atoms with E-state index in [1.807, 2.05) is 47.5 Å². The van der Waals surface area contributed by atoms with Crippen LogP contribution in [0.15, 0.2) is 60.9 Å². The maximum absolute atomic E-state index is 12.9. The third-order valence-corrected chi connectivity index (χ3v) is 6.54. The lowest BCUT2D eigenvalue weighted by Gasteiger charge is -2.42. The van der Waals surface area contributed by atoms with E-state index >= 15 is 0 Å². The van der Waals surface area contributed by atoms with E-state index in [0.29, 0.717) is 37.3 Å². The fourth-order valence-corrected chi connectivity index (χ4v) is 4.47. The second-order valence-corrected chi connectivity index (χ2v) is 8.73. The molecule has 1 spiro atoms. The van der Waals surface area contributed by atoms with E-state index in [9.17, 15) is 9.59 Å². The Kier molecular flexibility index (Phi) is 7.20. The van der Waals surface area contributed by atoms with Gasteiger partial charge in [-0.25, -0.2) is 0 Å². The van der Waals surface area contributed by atoms with Crippen LogP contribution in [0, 0.1) is 5.41 Å². The normalized spacial score (nSPS) is 19.6. The summed E-state index contributed by atoms with van der Waals surface area (Å²) in [6.07, 6.45) is 12.6. The first-order valence-corrected chi connectivity index (χ1v) is 11.5. The van der Waals surface area contributed by atoms with Crippen molar-refractivity contribution in [2.24, 2.45) is 5.41 Å². The number of ether oxygens (including phenoxy) is 1. The van der Waals surface area contributed by atoms with E-state index in [-0.39, 0.29) is 17.2 Å². The van der Waals surface area contributed by atoms with Crippen molar-refractivity contribution >= 4 is 11.8 Å². The number of hydrogen-bond acceptors (Lipinski definition) is 4. The van der Waals surface area contributed by atoms with Gasteiger partial charge in [0.2, 0.25) is 5.91 Å². The van der Waals surface area contributed by atoms with Gasteiger partial charge in [0.1, 0.15) is 5.75 Å². The highest BCUT2D eigenvalue weighted by molar-refractivity contribution is 5.96. The van der Waals surface area contributed by atoms with Gasteiger partial charge >= 0.3 is 0 Å². The molecule has 4 rings (SSSR count). The topological polar surface area (TPSA) is 71.5 Å². The van der Waals surface area contributed by atoms with Gasteiger partial charge in [-0.15, -0.1) is 0 Å². The first-order valence-electron chi connectivity index (χ1n) is 11.5. The number of hydrogen-bond donors (Lipinski definition) is 1. The Morgan fingerprint density at radius 3 is 2.78 bits per heavy atom. The second kappa shape index (κ2) is 10.4. The molecule has 2 amide bonds. The highest BCUT2D eigenvalue weighted by Crippen LogP contribution is 2.35. The zero-order valence-electron chi connectivity index (χ0n) is 18.5. The monoisotopic (exact) mass is 433 g/mol. The number of carbonyl (C=O) groups is 2. The molecule has 0 unspecified atom stereocenters. The third-order valence-electron chi connectivity index (χ3n) is 6.54. The Bertz CT molecular complexity index is 950. The number of likely N-dealkylation sites (tertiary alicyclic amines) is 1. The highest BCUT2D eigenvalue weighted by Gasteiger charge is 2.35. The van der Waals surface area contributed by atoms with Crippen molar-refractivity contribution < 1.29 is 14.3 Å². The highest BCUT2D eigenvalue weighted by atomic mass is 16.5. The van der Waals surface area contributed by atoms with Crippen LogP contribution in [0.3, 0.4) is 0 Å². The molecule has 0 bridgehead atoms. The predicted molar refractivity (Wildman–Crippen MR) is 123 cm³/mol. The summed E-state index contributed by atoms with van der Waals surface area (Å²) in [5.41, 5.74) is 1.64. The molecule has 0 aliphatic carbocycles. The van der Waals surface area contributed by atoms with Crippen molar-refractivity contribution in [2.75, 3.05) is 26.2 Å². The number of amides is 2. The number of benzene rings is 1. The average molecular weight is 434 g/mol. The van der Waals surface area contributed by atoms with Gasteiger partial charge in [0, 0.05) is 38.4 Å². The summed E-state index contributed by atoms with van der Waals surface area (Å²) in [6, 6.07) is 11.3. The molecule has 1 saturated heterocycles. The molecule has 0 radical (unpaired) electrons. The minimum Gasteiger partial charge on any atom is -0.492 e. The van der Waals surface area contributed by atoms with E-state index < -0.39 is 0 Å². The van der Waals surface area contributed by atoms with E-state index in [2.05, 4.69) is 22.5 Å². The molecule has 0 atom stereocenters. The number of para-hydroxylation sites is 1. The van der Waals surface area contributed by atoms with Crippen molar-refractivity contribution in [1.29, 1.82) is 0 Å². The van der Waals surface area contributed by atoms with Crippen LogP contribution >= 0.6 is 0 Å². The van der Waals surface area contributed by atoms with Crippen LogP contribution in [0.25, 0.3) is 0 Å². The minimum atomic E-state index is -0.0977. The number of piperidine rings is 1. The maximum atomic E-state index is 12.9. The zero-order valence-corrected chi connectivity index (χ0v) is 18.5. The number of fused-ring (bicyclic) bond motifs is 1. The summed E-state index contributed by atoms with van der Waals surface area (Å²) >= 11 is 0. The number of rotatable bonds is 3. The summed E-state index contributed by atoms with van der Waals surface area (Å²) < 4.78 is 5.80. The first-order chi connectivity index (χ1) is 15.7. The Morgan fingerprint density at radius 2 is 1.97 bits per heavy atom. The van der Waals surface area contributed by atoms with Crippen LogP contribution in [0.4, 0.5) is 0 Å². The van der Waals surface area contributed by atoms with Gasteiger partial charge < -0.3 is 15.0 Å². The Balaban J connectivity index is 1.37.